The predicted octanol–water partition coefficient (Wildman–Crippen LogP) is 0.814. The topological polar surface area (TPSA) is 91.3 Å². The van der Waals surface area contributed by atoms with Crippen LogP contribution < -0.4 is 5.73 Å². The molecule has 1 atom stereocenters. The maximum atomic E-state index is 10.7. The number of pyridine rings is 1. The average molecular weight is 225 g/mol. The molecule has 16 heavy (non-hydrogen) atoms. The Hall–Kier alpha value is -1.53. The predicted molar refractivity (Wildman–Crippen MR) is 59.2 cm³/mol. The second kappa shape index (κ2) is 5.53. The van der Waals surface area contributed by atoms with Crippen LogP contribution in [0, 0.1) is 17.0 Å². The molecule has 0 spiro atoms. The molecule has 6 heteroatoms. The molecule has 0 saturated carbocycles. The third-order valence-corrected chi connectivity index (χ3v) is 2.18. The van der Waals surface area contributed by atoms with Crippen molar-refractivity contribution in [2.75, 3.05) is 13.7 Å². The van der Waals surface area contributed by atoms with E-state index in [0.29, 0.717) is 24.3 Å². The molecule has 1 aromatic rings. The number of hydrogen-bond acceptors (Lipinski definition) is 5. The summed E-state index contributed by atoms with van der Waals surface area (Å²) < 4.78 is 4.89. The minimum atomic E-state index is -0.414. The Bertz CT molecular complexity index is 382. The molecule has 0 aliphatic rings. The van der Waals surface area contributed by atoms with E-state index in [2.05, 4.69) is 4.98 Å². The van der Waals surface area contributed by atoms with Gasteiger partial charge in [0, 0.05) is 43.1 Å². The van der Waals surface area contributed by atoms with Gasteiger partial charge >= 0.3 is 0 Å². The summed E-state index contributed by atoms with van der Waals surface area (Å²) in [5.41, 5.74) is 6.99. The highest BCUT2D eigenvalue weighted by Gasteiger charge is 2.13. The van der Waals surface area contributed by atoms with Gasteiger partial charge in [0.15, 0.2) is 0 Å². The Labute approximate surface area is 93.6 Å². The lowest BCUT2D eigenvalue weighted by Gasteiger charge is -2.09. The number of methoxy groups -OCH3 is 1. The Morgan fingerprint density at radius 1 is 1.69 bits per heavy atom. The smallest absolute Gasteiger partial charge is 0.275 e. The first-order valence-electron chi connectivity index (χ1n) is 4.89. The molecule has 0 radical (unpaired) electrons. The van der Waals surface area contributed by atoms with Gasteiger partial charge < -0.3 is 10.5 Å². The van der Waals surface area contributed by atoms with Gasteiger partial charge in [-0.2, -0.15) is 0 Å². The van der Waals surface area contributed by atoms with Crippen LogP contribution in [0.4, 0.5) is 5.69 Å². The molecule has 0 fully saturated rings. The Kier molecular flexibility index (Phi) is 4.33. The van der Waals surface area contributed by atoms with Crippen LogP contribution in [0.5, 0.6) is 0 Å². The zero-order valence-electron chi connectivity index (χ0n) is 9.34. The zero-order valence-corrected chi connectivity index (χ0v) is 9.34. The first-order valence-corrected chi connectivity index (χ1v) is 4.89. The SMILES string of the molecule is COCC(N)Cc1cc([N+](=O)[O-])c(C)cn1. The summed E-state index contributed by atoms with van der Waals surface area (Å²) in [7, 11) is 1.56. The van der Waals surface area contributed by atoms with Gasteiger partial charge in [-0.3, -0.25) is 15.1 Å². The van der Waals surface area contributed by atoms with Crippen molar-refractivity contribution in [2.24, 2.45) is 5.73 Å². The lowest BCUT2D eigenvalue weighted by Crippen LogP contribution is -2.28. The van der Waals surface area contributed by atoms with E-state index in [1.54, 1.807) is 14.0 Å². The van der Waals surface area contributed by atoms with Crippen LogP contribution in [0.25, 0.3) is 0 Å². The van der Waals surface area contributed by atoms with Crippen LogP contribution >= 0.6 is 0 Å². The summed E-state index contributed by atoms with van der Waals surface area (Å²) in [5.74, 6) is 0. The molecular weight excluding hydrogens is 210 g/mol. The van der Waals surface area contributed by atoms with Crippen LogP contribution in [0.2, 0.25) is 0 Å². The summed E-state index contributed by atoms with van der Waals surface area (Å²) in [5, 5.41) is 10.7. The van der Waals surface area contributed by atoms with Crippen LogP contribution in [0.3, 0.4) is 0 Å². The number of aromatic nitrogens is 1. The van der Waals surface area contributed by atoms with Gasteiger partial charge in [-0.1, -0.05) is 0 Å². The zero-order chi connectivity index (χ0) is 12.1. The molecule has 0 bridgehead atoms. The molecule has 0 saturated heterocycles. The monoisotopic (exact) mass is 225 g/mol. The molecule has 0 amide bonds. The quantitative estimate of drug-likeness (QED) is 0.591. The normalized spacial score (nSPS) is 12.4. The maximum Gasteiger partial charge on any atom is 0.275 e. The number of rotatable bonds is 5. The highest BCUT2D eigenvalue weighted by Crippen LogP contribution is 2.17. The first kappa shape index (κ1) is 12.5. The van der Waals surface area contributed by atoms with Gasteiger partial charge in [-0.15, -0.1) is 0 Å². The average Bonchev–Trinajstić information content (AvgIpc) is 2.21. The molecular formula is C10H15N3O3. The number of nitro groups is 1. The van der Waals surface area contributed by atoms with Gasteiger partial charge in [-0.05, 0) is 6.92 Å². The van der Waals surface area contributed by atoms with Crippen molar-refractivity contribution < 1.29 is 9.66 Å². The lowest BCUT2D eigenvalue weighted by molar-refractivity contribution is -0.385. The molecule has 1 unspecified atom stereocenters. The van der Waals surface area contributed by atoms with Crippen molar-refractivity contribution >= 4 is 5.69 Å². The molecule has 1 rings (SSSR count). The van der Waals surface area contributed by atoms with Gasteiger partial charge in [-0.25, -0.2) is 0 Å². The highest BCUT2D eigenvalue weighted by atomic mass is 16.6. The van der Waals surface area contributed by atoms with E-state index < -0.39 is 4.92 Å². The molecule has 0 aromatic carbocycles. The largest absolute Gasteiger partial charge is 0.383 e. The third kappa shape index (κ3) is 3.25. The van der Waals surface area contributed by atoms with Crippen molar-refractivity contribution in [1.29, 1.82) is 0 Å². The Morgan fingerprint density at radius 2 is 2.38 bits per heavy atom. The van der Waals surface area contributed by atoms with Crippen LogP contribution in [-0.4, -0.2) is 29.7 Å². The summed E-state index contributed by atoms with van der Waals surface area (Å²) in [6.07, 6.45) is 1.96. The van der Waals surface area contributed by atoms with E-state index in [9.17, 15) is 10.1 Å². The van der Waals surface area contributed by atoms with E-state index in [1.165, 1.54) is 12.3 Å². The summed E-state index contributed by atoms with van der Waals surface area (Å²) in [6, 6.07) is 1.27. The van der Waals surface area contributed by atoms with Gasteiger partial charge in [0.25, 0.3) is 5.69 Å². The molecule has 2 N–H and O–H groups in total. The standard InChI is InChI=1S/C10H15N3O3/c1-7-5-12-9(3-8(11)6-16-2)4-10(7)13(14)15/h4-5,8H,3,6,11H2,1-2H3. The van der Waals surface area contributed by atoms with E-state index in [4.69, 9.17) is 10.5 Å². The second-order valence-electron chi connectivity index (χ2n) is 3.64. The van der Waals surface area contributed by atoms with E-state index in [0.717, 1.165) is 0 Å². The van der Waals surface area contributed by atoms with Crippen molar-refractivity contribution in [1.82, 2.24) is 4.98 Å². The Morgan fingerprint density at radius 3 is 2.94 bits per heavy atom. The maximum absolute atomic E-state index is 10.7. The van der Waals surface area contributed by atoms with Crippen molar-refractivity contribution in [3.8, 4) is 0 Å². The molecule has 0 aliphatic carbocycles. The first-order chi connectivity index (χ1) is 7.54. The minimum Gasteiger partial charge on any atom is -0.383 e. The number of aryl methyl sites for hydroxylation is 1. The van der Waals surface area contributed by atoms with E-state index >= 15 is 0 Å². The van der Waals surface area contributed by atoms with Gasteiger partial charge in [0.05, 0.1) is 11.5 Å². The molecule has 88 valence electrons. The summed E-state index contributed by atoms with van der Waals surface area (Å²) in [4.78, 5) is 14.4. The van der Waals surface area contributed by atoms with Gasteiger partial charge in [0.2, 0.25) is 0 Å². The van der Waals surface area contributed by atoms with Crippen molar-refractivity contribution in [2.45, 2.75) is 19.4 Å². The molecule has 0 aliphatic heterocycles. The van der Waals surface area contributed by atoms with E-state index in [1.807, 2.05) is 0 Å². The van der Waals surface area contributed by atoms with E-state index in [-0.39, 0.29) is 11.7 Å². The van der Waals surface area contributed by atoms with Crippen LogP contribution in [0.15, 0.2) is 12.3 Å². The molecule has 6 nitrogen and oxygen atoms in total. The molecule has 1 aromatic heterocycles. The molecule has 1 heterocycles. The third-order valence-electron chi connectivity index (χ3n) is 2.18. The number of hydrogen-bond donors (Lipinski definition) is 1. The number of nitrogens with two attached hydrogens (primary N) is 1. The highest BCUT2D eigenvalue weighted by molar-refractivity contribution is 5.38. The fourth-order valence-corrected chi connectivity index (χ4v) is 1.40. The van der Waals surface area contributed by atoms with Crippen LogP contribution in [0.1, 0.15) is 11.3 Å². The lowest BCUT2D eigenvalue weighted by atomic mass is 10.1. The van der Waals surface area contributed by atoms with Crippen LogP contribution in [-0.2, 0) is 11.2 Å². The second-order valence-corrected chi connectivity index (χ2v) is 3.64. The summed E-state index contributed by atoms with van der Waals surface area (Å²) >= 11 is 0. The number of nitrogens with zero attached hydrogens (tertiary/aromatic N) is 2. The fraction of sp³-hybridized carbons (Fsp3) is 0.500. The Balaban J connectivity index is 2.82. The van der Waals surface area contributed by atoms with Gasteiger partial charge in [0.1, 0.15) is 0 Å². The fourth-order valence-electron chi connectivity index (χ4n) is 1.40. The van der Waals surface area contributed by atoms with Crippen molar-refractivity contribution in [3.63, 3.8) is 0 Å². The summed E-state index contributed by atoms with van der Waals surface area (Å²) in [6.45, 7) is 2.06. The minimum absolute atomic E-state index is 0.0783. The number of ether oxygens (including phenoxy) is 1. The van der Waals surface area contributed by atoms with Crippen molar-refractivity contribution in [3.05, 3.63) is 33.6 Å².